The van der Waals surface area contributed by atoms with Crippen LogP contribution >= 0.6 is 11.6 Å². The van der Waals surface area contributed by atoms with Crippen molar-refractivity contribution in [3.05, 3.63) is 85.2 Å². The second-order valence-corrected chi connectivity index (χ2v) is 5.32. The molecule has 1 heterocycles. The van der Waals surface area contributed by atoms with E-state index in [-0.39, 0.29) is 27.2 Å². The molecule has 0 aliphatic rings. The molecular formula is C16H10ClNO5. The van der Waals surface area contributed by atoms with Crippen molar-refractivity contribution in [2.24, 2.45) is 0 Å². The van der Waals surface area contributed by atoms with Gasteiger partial charge in [-0.05, 0) is 24.3 Å². The summed E-state index contributed by atoms with van der Waals surface area (Å²) in [7, 11) is 0. The maximum Gasteiger partial charge on any atom is 0.275 e. The van der Waals surface area contributed by atoms with E-state index in [2.05, 4.69) is 0 Å². The Hall–Kier alpha value is -2.70. The molecule has 116 valence electrons. The molecule has 0 spiro atoms. The molecule has 0 amide bonds. The molecule has 0 bridgehead atoms. The Bertz CT molecular complexity index is 966. The van der Waals surface area contributed by atoms with Gasteiger partial charge in [0, 0.05) is 11.1 Å². The van der Waals surface area contributed by atoms with Crippen molar-refractivity contribution in [1.82, 2.24) is 0 Å². The molecule has 3 aromatic rings. The maximum absolute atomic E-state index is 12.5. The highest BCUT2D eigenvalue weighted by molar-refractivity contribution is 6.30. The molecule has 3 rings (SSSR count). The predicted molar refractivity (Wildman–Crippen MR) is 84.7 cm³/mol. The average Bonchev–Trinajstić information content (AvgIpc) is 2.54. The molecule has 2 aromatic carbocycles. The van der Waals surface area contributed by atoms with Crippen molar-refractivity contribution >= 4 is 28.3 Å². The monoisotopic (exact) mass is 331 g/mol. The Morgan fingerprint density at radius 3 is 2.65 bits per heavy atom. The van der Waals surface area contributed by atoms with Crippen LogP contribution in [0.15, 0.2) is 57.9 Å². The quantitative estimate of drug-likeness (QED) is 0.586. The van der Waals surface area contributed by atoms with Gasteiger partial charge in [-0.2, -0.15) is 0 Å². The fourth-order valence-corrected chi connectivity index (χ4v) is 2.54. The first-order valence-electron chi connectivity index (χ1n) is 6.61. The van der Waals surface area contributed by atoms with Crippen molar-refractivity contribution in [2.75, 3.05) is 0 Å². The molecule has 1 aromatic heterocycles. The van der Waals surface area contributed by atoms with E-state index in [0.717, 1.165) is 6.26 Å². The second kappa shape index (κ2) is 5.83. The summed E-state index contributed by atoms with van der Waals surface area (Å²) in [5, 5.41) is 22.1. The van der Waals surface area contributed by atoms with Gasteiger partial charge in [0.25, 0.3) is 5.69 Å². The highest BCUT2D eigenvalue weighted by atomic mass is 35.5. The SMILES string of the molecule is O=c1c(C(O)c2cc(Cl)ccc2[N+](=O)[O-])coc2ccccc12. The van der Waals surface area contributed by atoms with Gasteiger partial charge in [-0.15, -0.1) is 0 Å². The number of halogens is 1. The molecule has 0 fully saturated rings. The summed E-state index contributed by atoms with van der Waals surface area (Å²) in [5.74, 6) is 0. The van der Waals surface area contributed by atoms with Gasteiger partial charge < -0.3 is 9.52 Å². The van der Waals surface area contributed by atoms with Crippen LogP contribution in [0.1, 0.15) is 17.2 Å². The van der Waals surface area contributed by atoms with E-state index in [1.807, 2.05) is 0 Å². The van der Waals surface area contributed by atoms with Crippen LogP contribution in [0.3, 0.4) is 0 Å². The van der Waals surface area contributed by atoms with Crippen molar-refractivity contribution in [3.63, 3.8) is 0 Å². The van der Waals surface area contributed by atoms with Crippen LogP contribution in [0.5, 0.6) is 0 Å². The summed E-state index contributed by atoms with van der Waals surface area (Å²) in [6, 6.07) is 10.3. The average molecular weight is 332 g/mol. The molecule has 0 radical (unpaired) electrons. The number of benzene rings is 2. The third kappa shape index (κ3) is 2.69. The third-order valence-electron chi connectivity index (χ3n) is 3.48. The third-order valence-corrected chi connectivity index (χ3v) is 3.72. The Balaban J connectivity index is 2.20. The minimum Gasteiger partial charge on any atom is -0.464 e. The van der Waals surface area contributed by atoms with Crippen molar-refractivity contribution in [3.8, 4) is 0 Å². The summed E-state index contributed by atoms with van der Waals surface area (Å²) in [4.78, 5) is 23.0. The highest BCUT2D eigenvalue weighted by Gasteiger charge is 2.25. The largest absolute Gasteiger partial charge is 0.464 e. The van der Waals surface area contributed by atoms with Gasteiger partial charge in [0.05, 0.1) is 21.4 Å². The molecule has 1 unspecified atom stereocenters. The van der Waals surface area contributed by atoms with Crippen LogP contribution in [0.2, 0.25) is 5.02 Å². The van der Waals surface area contributed by atoms with Gasteiger partial charge in [-0.3, -0.25) is 14.9 Å². The summed E-state index contributed by atoms with van der Waals surface area (Å²) in [6.07, 6.45) is -0.407. The van der Waals surface area contributed by atoms with Gasteiger partial charge in [0.2, 0.25) is 0 Å². The van der Waals surface area contributed by atoms with Gasteiger partial charge in [0.15, 0.2) is 5.43 Å². The molecule has 0 aliphatic carbocycles. The molecule has 6 nitrogen and oxygen atoms in total. The van der Waals surface area contributed by atoms with Crippen molar-refractivity contribution in [1.29, 1.82) is 0 Å². The molecule has 7 heteroatoms. The number of aliphatic hydroxyl groups excluding tert-OH is 1. The molecule has 1 N–H and O–H groups in total. The maximum atomic E-state index is 12.5. The minimum absolute atomic E-state index is 0.0647. The van der Waals surface area contributed by atoms with Crippen LogP contribution < -0.4 is 5.43 Å². The summed E-state index contributed by atoms with van der Waals surface area (Å²) in [5.41, 5.74) is -0.559. The molecule has 0 saturated heterocycles. The summed E-state index contributed by atoms with van der Waals surface area (Å²) in [6.45, 7) is 0. The normalized spacial score (nSPS) is 12.3. The standard InChI is InChI=1S/C16H10ClNO5/c17-9-5-6-13(18(21)22)11(7-9)16(20)12-8-23-14-4-2-1-3-10(14)15(12)19/h1-8,16,20H. The number of hydrogen-bond donors (Lipinski definition) is 1. The molecular weight excluding hydrogens is 322 g/mol. The molecule has 0 saturated carbocycles. The number of nitrogens with zero attached hydrogens (tertiary/aromatic N) is 1. The summed E-state index contributed by atoms with van der Waals surface area (Å²) >= 11 is 5.85. The first-order valence-corrected chi connectivity index (χ1v) is 6.99. The summed E-state index contributed by atoms with van der Waals surface area (Å²) < 4.78 is 5.33. The van der Waals surface area contributed by atoms with Crippen LogP contribution in [0.4, 0.5) is 5.69 Å². The number of nitro benzene ring substituents is 1. The minimum atomic E-state index is -1.52. The lowest BCUT2D eigenvalue weighted by Gasteiger charge is -2.11. The predicted octanol–water partition coefficient (Wildman–Crippen LogP) is 3.44. The van der Waals surface area contributed by atoms with E-state index < -0.39 is 16.5 Å². The van der Waals surface area contributed by atoms with Crippen molar-refractivity contribution < 1.29 is 14.4 Å². The topological polar surface area (TPSA) is 93.6 Å². The zero-order valence-corrected chi connectivity index (χ0v) is 12.4. The lowest BCUT2D eigenvalue weighted by molar-refractivity contribution is -0.386. The Labute approximate surface area is 134 Å². The van der Waals surface area contributed by atoms with Gasteiger partial charge >= 0.3 is 0 Å². The Morgan fingerprint density at radius 2 is 1.91 bits per heavy atom. The smallest absolute Gasteiger partial charge is 0.275 e. The van der Waals surface area contributed by atoms with E-state index in [1.165, 1.54) is 18.2 Å². The van der Waals surface area contributed by atoms with E-state index >= 15 is 0 Å². The van der Waals surface area contributed by atoms with E-state index in [0.29, 0.717) is 5.58 Å². The van der Waals surface area contributed by atoms with Crippen LogP contribution in [-0.2, 0) is 0 Å². The zero-order valence-electron chi connectivity index (χ0n) is 11.6. The second-order valence-electron chi connectivity index (χ2n) is 4.88. The lowest BCUT2D eigenvalue weighted by Crippen LogP contribution is -2.15. The lowest BCUT2D eigenvalue weighted by atomic mass is 10.00. The first kappa shape index (κ1) is 15.2. The molecule has 0 aliphatic heterocycles. The van der Waals surface area contributed by atoms with Crippen molar-refractivity contribution in [2.45, 2.75) is 6.10 Å². The van der Waals surface area contributed by atoms with E-state index in [1.54, 1.807) is 24.3 Å². The van der Waals surface area contributed by atoms with Crippen LogP contribution in [-0.4, -0.2) is 10.0 Å². The fraction of sp³-hybridized carbons (Fsp3) is 0.0625. The Morgan fingerprint density at radius 1 is 1.17 bits per heavy atom. The van der Waals surface area contributed by atoms with Crippen LogP contribution in [0, 0.1) is 10.1 Å². The number of fused-ring (bicyclic) bond motifs is 1. The van der Waals surface area contributed by atoms with Gasteiger partial charge in [0.1, 0.15) is 18.0 Å². The van der Waals surface area contributed by atoms with E-state index in [4.69, 9.17) is 16.0 Å². The number of para-hydroxylation sites is 1. The number of hydrogen-bond acceptors (Lipinski definition) is 5. The van der Waals surface area contributed by atoms with Gasteiger partial charge in [-0.25, -0.2) is 0 Å². The van der Waals surface area contributed by atoms with Gasteiger partial charge in [-0.1, -0.05) is 23.7 Å². The van der Waals surface area contributed by atoms with E-state index in [9.17, 15) is 20.0 Å². The number of aliphatic hydroxyl groups is 1. The molecule has 23 heavy (non-hydrogen) atoms. The fourth-order valence-electron chi connectivity index (χ4n) is 2.36. The zero-order chi connectivity index (χ0) is 16.6. The molecule has 1 atom stereocenters. The number of nitro groups is 1. The number of rotatable bonds is 3. The Kier molecular flexibility index (Phi) is 3.85. The van der Waals surface area contributed by atoms with Crippen LogP contribution in [0.25, 0.3) is 11.0 Å². The highest BCUT2D eigenvalue weighted by Crippen LogP contribution is 2.31. The first-order chi connectivity index (χ1) is 11.0.